The highest BCUT2D eigenvalue weighted by molar-refractivity contribution is 7.13. The van der Waals surface area contributed by atoms with Crippen LogP contribution in [-0.4, -0.2) is 69.7 Å². The van der Waals surface area contributed by atoms with Crippen LogP contribution in [-0.2, 0) is 0 Å². The van der Waals surface area contributed by atoms with Crippen molar-refractivity contribution in [3.05, 3.63) is 83.5 Å². The molecule has 1 saturated heterocycles. The average molecular weight is 474 g/mol. The molecule has 1 aliphatic rings. The first-order valence-corrected chi connectivity index (χ1v) is 11.8. The predicted octanol–water partition coefficient (Wildman–Crippen LogP) is 3.60. The van der Waals surface area contributed by atoms with Gasteiger partial charge in [-0.1, -0.05) is 24.3 Å². The molecular weight excluding hydrogens is 450 g/mol. The highest BCUT2D eigenvalue weighted by Gasteiger charge is 2.29. The molecule has 8 nitrogen and oxygen atoms in total. The van der Waals surface area contributed by atoms with Crippen LogP contribution in [0.5, 0.6) is 5.75 Å². The second-order valence-corrected chi connectivity index (χ2v) is 8.74. The van der Waals surface area contributed by atoms with Crippen molar-refractivity contribution in [3.8, 4) is 22.1 Å². The fourth-order valence-electron chi connectivity index (χ4n) is 3.89. The number of para-hydroxylation sites is 1. The molecule has 172 valence electrons. The lowest BCUT2D eigenvalue weighted by atomic mass is 10.1. The molecule has 0 saturated carbocycles. The summed E-state index contributed by atoms with van der Waals surface area (Å²) in [4.78, 5) is 35.1. The van der Waals surface area contributed by atoms with Crippen LogP contribution in [0.3, 0.4) is 0 Å². The molecular formula is C25H23N5O3S. The summed E-state index contributed by atoms with van der Waals surface area (Å²) in [6, 6.07) is 20.6. The van der Waals surface area contributed by atoms with Crippen LogP contribution in [0.15, 0.2) is 72.1 Å². The molecule has 34 heavy (non-hydrogen) atoms. The van der Waals surface area contributed by atoms with Gasteiger partial charge in [-0.05, 0) is 47.8 Å². The van der Waals surface area contributed by atoms with Crippen LogP contribution in [0, 0.1) is 0 Å². The molecule has 0 radical (unpaired) electrons. The molecule has 2 aromatic heterocycles. The van der Waals surface area contributed by atoms with Gasteiger partial charge in [0.25, 0.3) is 11.8 Å². The number of hydrogen-bond acceptors (Lipinski definition) is 6. The van der Waals surface area contributed by atoms with Gasteiger partial charge in [0.05, 0.1) is 17.7 Å². The highest BCUT2D eigenvalue weighted by Crippen LogP contribution is 2.26. The lowest BCUT2D eigenvalue weighted by Crippen LogP contribution is -2.50. The molecule has 2 aromatic carbocycles. The van der Waals surface area contributed by atoms with Gasteiger partial charge in [-0.2, -0.15) is 0 Å². The second-order valence-electron chi connectivity index (χ2n) is 7.80. The molecule has 2 amide bonds. The predicted molar refractivity (Wildman–Crippen MR) is 129 cm³/mol. The van der Waals surface area contributed by atoms with E-state index in [9.17, 15) is 9.59 Å². The number of nitrogens with zero attached hydrogens (tertiary/aromatic N) is 5. The third-order valence-corrected chi connectivity index (χ3v) is 6.60. The summed E-state index contributed by atoms with van der Waals surface area (Å²) < 4.78 is 6.87. The van der Waals surface area contributed by atoms with E-state index in [1.807, 2.05) is 47.8 Å². The van der Waals surface area contributed by atoms with E-state index < -0.39 is 0 Å². The maximum absolute atomic E-state index is 13.3. The van der Waals surface area contributed by atoms with Crippen molar-refractivity contribution in [3.63, 3.8) is 0 Å². The van der Waals surface area contributed by atoms with Crippen molar-refractivity contribution < 1.29 is 14.3 Å². The number of amides is 2. The fourth-order valence-corrected chi connectivity index (χ4v) is 4.59. The Hall–Kier alpha value is -3.98. The minimum Gasteiger partial charge on any atom is -0.497 e. The van der Waals surface area contributed by atoms with Crippen molar-refractivity contribution >= 4 is 23.2 Å². The molecule has 0 unspecified atom stereocenters. The molecule has 1 fully saturated rings. The van der Waals surface area contributed by atoms with Gasteiger partial charge in [-0.15, -0.1) is 16.4 Å². The van der Waals surface area contributed by atoms with E-state index in [1.54, 1.807) is 57.2 Å². The Morgan fingerprint density at radius 3 is 2.15 bits per heavy atom. The van der Waals surface area contributed by atoms with Crippen LogP contribution >= 0.6 is 11.3 Å². The number of aromatic nitrogens is 3. The molecule has 0 spiro atoms. The van der Waals surface area contributed by atoms with Crippen LogP contribution in [0.1, 0.15) is 21.0 Å². The first-order chi connectivity index (χ1) is 16.6. The van der Waals surface area contributed by atoms with E-state index in [4.69, 9.17) is 4.74 Å². The summed E-state index contributed by atoms with van der Waals surface area (Å²) in [7, 11) is 1.59. The van der Waals surface area contributed by atoms with Crippen molar-refractivity contribution in [1.82, 2.24) is 24.6 Å². The maximum atomic E-state index is 13.3. The topological polar surface area (TPSA) is 80.6 Å². The summed E-state index contributed by atoms with van der Waals surface area (Å²) in [5.41, 5.74) is 1.44. The molecule has 9 heteroatoms. The fraction of sp³-hybridized carbons (Fsp3) is 0.200. The lowest BCUT2D eigenvalue weighted by Gasteiger charge is -2.34. The van der Waals surface area contributed by atoms with Crippen molar-refractivity contribution in [2.24, 2.45) is 0 Å². The van der Waals surface area contributed by atoms with Crippen LogP contribution in [0.2, 0.25) is 0 Å². The van der Waals surface area contributed by atoms with Crippen LogP contribution < -0.4 is 4.74 Å². The van der Waals surface area contributed by atoms with E-state index in [0.717, 1.165) is 10.6 Å². The largest absolute Gasteiger partial charge is 0.497 e. The van der Waals surface area contributed by atoms with Crippen LogP contribution in [0.25, 0.3) is 16.4 Å². The number of benzene rings is 2. The number of methoxy groups -OCH3 is 1. The van der Waals surface area contributed by atoms with E-state index >= 15 is 0 Å². The van der Waals surface area contributed by atoms with Crippen molar-refractivity contribution in [1.29, 1.82) is 0 Å². The Labute approximate surface area is 201 Å². The van der Waals surface area contributed by atoms with Gasteiger partial charge < -0.3 is 14.5 Å². The summed E-state index contributed by atoms with van der Waals surface area (Å²) in [5.74, 6) is 1.21. The number of thiophene rings is 1. The van der Waals surface area contributed by atoms with Gasteiger partial charge in [0.1, 0.15) is 5.75 Å². The summed E-state index contributed by atoms with van der Waals surface area (Å²) in [6.45, 7) is 1.76. The maximum Gasteiger partial charge on any atom is 0.293 e. The van der Waals surface area contributed by atoms with Gasteiger partial charge in [0.15, 0.2) is 5.82 Å². The van der Waals surface area contributed by atoms with Gasteiger partial charge in [0, 0.05) is 31.7 Å². The molecule has 0 N–H and O–H groups in total. The molecule has 1 aliphatic heterocycles. The number of hydrogen-bond donors (Lipinski definition) is 0. The van der Waals surface area contributed by atoms with E-state index in [-0.39, 0.29) is 17.6 Å². The zero-order valence-corrected chi connectivity index (χ0v) is 19.4. The summed E-state index contributed by atoms with van der Waals surface area (Å²) in [5, 5.41) is 6.53. The minimum absolute atomic E-state index is 0.0544. The molecule has 0 atom stereocenters. The number of ether oxygens (including phenoxy) is 1. The Morgan fingerprint density at radius 1 is 0.853 bits per heavy atom. The van der Waals surface area contributed by atoms with E-state index in [2.05, 4.69) is 10.1 Å². The Bertz CT molecular complexity index is 1280. The van der Waals surface area contributed by atoms with Crippen molar-refractivity contribution in [2.45, 2.75) is 0 Å². The number of carbonyl (C=O) groups is 2. The van der Waals surface area contributed by atoms with Crippen molar-refractivity contribution in [2.75, 3.05) is 33.3 Å². The molecule has 0 bridgehead atoms. The zero-order chi connectivity index (χ0) is 23.5. The summed E-state index contributed by atoms with van der Waals surface area (Å²) >= 11 is 1.55. The SMILES string of the molecule is COc1ccc(C(=O)N2CCN(C(=O)c3nc(-c4cccs4)n(-c4ccccc4)n3)CC2)cc1. The van der Waals surface area contributed by atoms with E-state index in [0.29, 0.717) is 43.3 Å². The normalized spacial score (nSPS) is 13.7. The first-order valence-electron chi connectivity index (χ1n) is 10.9. The smallest absolute Gasteiger partial charge is 0.293 e. The number of carbonyl (C=O) groups excluding carboxylic acids is 2. The third kappa shape index (κ3) is 4.29. The lowest BCUT2D eigenvalue weighted by molar-refractivity contribution is 0.0529. The summed E-state index contributed by atoms with van der Waals surface area (Å²) in [6.07, 6.45) is 0. The zero-order valence-electron chi connectivity index (χ0n) is 18.6. The average Bonchev–Trinajstić information content (AvgIpc) is 3.59. The van der Waals surface area contributed by atoms with Gasteiger partial charge in [-0.3, -0.25) is 9.59 Å². The quantitative estimate of drug-likeness (QED) is 0.442. The Morgan fingerprint density at radius 2 is 1.53 bits per heavy atom. The third-order valence-electron chi connectivity index (χ3n) is 5.73. The first kappa shape index (κ1) is 21.8. The monoisotopic (exact) mass is 473 g/mol. The van der Waals surface area contributed by atoms with E-state index in [1.165, 1.54) is 0 Å². The minimum atomic E-state index is -0.232. The number of rotatable bonds is 5. The molecule has 3 heterocycles. The van der Waals surface area contributed by atoms with Crippen LogP contribution in [0.4, 0.5) is 0 Å². The second kappa shape index (κ2) is 9.48. The Balaban J connectivity index is 1.31. The standard InChI is InChI=1S/C25H23N5O3S/c1-33-20-11-9-18(10-12-20)24(31)28-13-15-29(16-14-28)25(32)22-26-23(21-8-5-17-34-21)30(27-22)19-6-3-2-4-7-19/h2-12,17H,13-16H2,1H3. The molecule has 4 aromatic rings. The number of piperazine rings is 1. The van der Waals surface area contributed by atoms with Gasteiger partial charge >= 0.3 is 0 Å². The Kier molecular flexibility index (Phi) is 6.09. The van der Waals surface area contributed by atoms with Gasteiger partial charge in [0.2, 0.25) is 5.82 Å². The molecule has 0 aliphatic carbocycles. The highest BCUT2D eigenvalue weighted by atomic mass is 32.1. The van der Waals surface area contributed by atoms with Gasteiger partial charge in [-0.25, -0.2) is 9.67 Å². The molecule has 5 rings (SSSR count).